The van der Waals surface area contributed by atoms with Crippen LogP contribution in [0.25, 0.3) is 11.0 Å². The van der Waals surface area contributed by atoms with Gasteiger partial charge < -0.3 is 34.6 Å². The quantitative estimate of drug-likeness (QED) is 0.217. The molecule has 0 unspecified atom stereocenters. The van der Waals surface area contributed by atoms with Crippen LogP contribution in [0.4, 0.5) is 0 Å². The van der Waals surface area contributed by atoms with Gasteiger partial charge in [-0.2, -0.15) is 0 Å². The van der Waals surface area contributed by atoms with E-state index in [0.29, 0.717) is 0 Å². The van der Waals surface area contributed by atoms with Gasteiger partial charge in [-0.25, -0.2) is 9.78 Å². The Balaban J connectivity index is 0.000000366. The zero-order valence-electron chi connectivity index (χ0n) is 23.2. The number of carboxylic acids is 3. The zero-order valence-corrected chi connectivity index (χ0v) is 23.2. The Morgan fingerprint density at radius 3 is 2.05 bits per heavy atom. The Hall–Kier alpha value is -3.96. The largest absolute Gasteiger partial charge is 0.494 e. The van der Waals surface area contributed by atoms with Gasteiger partial charge in [0.1, 0.15) is 11.6 Å². The van der Waals surface area contributed by atoms with Gasteiger partial charge in [-0.15, -0.1) is 0 Å². The van der Waals surface area contributed by atoms with E-state index in [2.05, 4.69) is 78.8 Å². The summed E-state index contributed by atoms with van der Waals surface area (Å²) in [5.74, 6) is -2.95. The molecule has 3 rings (SSSR count). The van der Waals surface area contributed by atoms with E-state index in [-0.39, 0.29) is 0 Å². The summed E-state index contributed by atoms with van der Waals surface area (Å²) < 4.78 is 8.08. The van der Waals surface area contributed by atoms with E-state index in [4.69, 9.17) is 30.1 Å². The summed E-state index contributed by atoms with van der Waals surface area (Å²) in [5, 5.41) is 33.8. The van der Waals surface area contributed by atoms with E-state index in [1.807, 2.05) is 0 Å². The number of hydrogen-bond acceptors (Lipinski definition) is 7. The Morgan fingerprint density at radius 1 is 0.925 bits per heavy atom. The van der Waals surface area contributed by atoms with Gasteiger partial charge in [0.05, 0.1) is 30.5 Å². The molecule has 218 valence electrons. The molecule has 11 nitrogen and oxygen atoms in total. The van der Waals surface area contributed by atoms with Crippen molar-refractivity contribution in [3.8, 4) is 5.75 Å². The molecule has 4 N–H and O–H groups in total. The number of aliphatic carboxylic acids is 3. The van der Waals surface area contributed by atoms with Crippen molar-refractivity contribution in [3.05, 3.63) is 59.9 Å². The molecule has 0 atom stereocenters. The van der Waals surface area contributed by atoms with Gasteiger partial charge in [0.15, 0.2) is 5.60 Å². The van der Waals surface area contributed by atoms with Crippen molar-refractivity contribution in [2.45, 2.75) is 58.6 Å². The lowest BCUT2D eigenvalue weighted by Gasteiger charge is -2.19. The summed E-state index contributed by atoms with van der Waals surface area (Å²) in [6, 6.07) is 16.9. The highest BCUT2D eigenvalue weighted by atomic mass is 16.5. The second-order valence-corrected chi connectivity index (χ2v) is 9.34. The average molecular weight is 558 g/mol. The molecule has 0 radical (unpaired) electrons. The minimum Gasteiger partial charge on any atom is -0.494 e. The molecule has 1 aromatic heterocycles. The number of nitrogens with zero attached hydrogens (tertiary/aromatic N) is 3. The molecule has 1 heterocycles. The van der Waals surface area contributed by atoms with Crippen molar-refractivity contribution in [1.29, 1.82) is 0 Å². The molecular weight excluding hydrogens is 518 g/mol. The van der Waals surface area contributed by atoms with Gasteiger partial charge in [-0.1, -0.05) is 45.0 Å². The number of hydrogen-bond donors (Lipinski definition) is 4. The van der Waals surface area contributed by atoms with Crippen LogP contribution in [0.15, 0.2) is 48.5 Å². The number of para-hydroxylation sites is 2. The van der Waals surface area contributed by atoms with Crippen LogP contribution in [-0.2, 0) is 27.3 Å². The summed E-state index contributed by atoms with van der Waals surface area (Å²) >= 11 is 0. The third-order valence-corrected chi connectivity index (χ3v) is 6.31. The van der Waals surface area contributed by atoms with E-state index in [1.54, 1.807) is 0 Å². The van der Waals surface area contributed by atoms with E-state index in [1.165, 1.54) is 11.1 Å². The average Bonchev–Trinajstić information content (AvgIpc) is 3.25. The van der Waals surface area contributed by atoms with E-state index in [0.717, 1.165) is 62.7 Å². The first kappa shape index (κ1) is 32.3. The van der Waals surface area contributed by atoms with Crippen LogP contribution >= 0.6 is 0 Å². The normalized spacial score (nSPS) is 11.2. The highest BCUT2D eigenvalue weighted by Gasteiger charge is 2.40. The predicted octanol–water partition coefficient (Wildman–Crippen LogP) is 3.51. The summed E-state index contributed by atoms with van der Waals surface area (Å²) in [6.45, 7) is 11.5. The van der Waals surface area contributed by atoms with Gasteiger partial charge in [-0.3, -0.25) is 9.59 Å². The zero-order chi connectivity index (χ0) is 29.7. The van der Waals surface area contributed by atoms with Crippen LogP contribution in [-0.4, -0.2) is 84.6 Å². The summed E-state index contributed by atoms with van der Waals surface area (Å²) in [5.41, 5.74) is 0.827. The number of fused-ring (bicyclic) bond motifs is 1. The lowest BCUT2D eigenvalue weighted by Crippen LogP contribution is -2.42. The molecule has 0 fully saturated rings. The molecule has 0 bridgehead atoms. The highest BCUT2D eigenvalue weighted by Crippen LogP contribution is 2.20. The van der Waals surface area contributed by atoms with Crippen LogP contribution < -0.4 is 4.74 Å². The van der Waals surface area contributed by atoms with Crippen LogP contribution in [0.1, 0.15) is 51.4 Å². The number of carbonyl (C=O) groups is 3. The number of likely N-dealkylation sites (N-methyl/N-ethyl adjacent to an activating group) is 1. The molecule has 0 saturated carbocycles. The number of aliphatic hydroxyl groups is 1. The lowest BCUT2D eigenvalue weighted by atomic mass is 9.96. The fraction of sp³-hybridized carbons (Fsp3) is 0.448. The molecule has 0 spiro atoms. The minimum absolute atomic E-state index is 0.764. The lowest BCUT2D eigenvalue weighted by molar-refractivity contribution is -0.170. The Labute approximate surface area is 233 Å². The number of ether oxygens (including phenoxy) is 1. The molecule has 11 heteroatoms. The van der Waals surface area contributed by atoms with Crippen LogP contribution in [0.3, 0.4) is 0 Å². The predicted molar refractivity (Wildman–Crippen MR) is 150 cm³/mol. The molecule has 3 aromatic rings. The van der Waals surface area contributed by atoms with Gasteiger partial charge in [0.2, 0.25) is 0 Å². The van der Waals surface area contributed by atoms with Gasteiger partial charge >= 0.3 is 17.9 Å². The molecular formula is C29H39N3O8. The van der Waals surface area contributed by atoms with Crippen molar-refractivity contribution >= 4 is 28.9 Å². The standard InChI is InChI=1S/C23H31N3O.C6H8O7/c1-4-17-27-20-13-11-19(12-14-20)18-23-24-21-9-7-8-10-22(21)26(23)16-15-25(5-2)6-3;7-3(8)1-6(13,5(11)12)2-4(9)10/h7-14H,4-6,15-18H2,1-3H3;13H,1-2H2,(H,7,8)(H,9,10)(H,11,12). The van der Waals surface area contributed by atoms with Crippen molar-refractivity contribution in [3.63, 3.8) is 0 Å². The molecule has 0 aliphatic carbocycles. The van der Waals surface area contributed by atoms with E-state index < -0.39 is 36.4 Å². The van der Waals surface area contributed by atoms with Gasteiger partial charge in [-0.05, 0) is 49.3 Å². The fourth-order valence-electron chi connectivity index (χ4n) is 4.11. The summed E-state index contributed by atoms with van der Waals surface area (Å²) in [4.78, 5) is 37.9. The topological polar surface area (TPSA) is 162 Å². The maximum Gasteiger partial charge on any atom is 0.336 e. The van der Waals surface area contributed by atoms with E-state index in [9.17, 15) is 14.4 Å². The smallest absolute Gasteiger partial charge is 0.336 e. The molecule has 2 aromatic carbocycles. The van der Waals surface area contributed by atoms with Gasteiger partial charge in [0.25, 0.3) is 0 Å². The second kappa shape index (κ2) is 15.6. The number of imidazole rings is 1. The summed E-state index contributed by atoms with van der Waals surface area (Å²) in [6.07, 6.45) is -0.428. The van der Waals surface area contributed by atoms with Crippen molar-refractivity contribution < 1.29 is 39.5 Å². The molecule has 40 heavy (non-hydrogen) atoms. The van der Waals surface area contributed by atoms with Crippen LogP contribution in [0.2, 0.25) is 0 Å². The summed E-state index contributed by atoms with van der Waals surface area (Å²) in [7, 11) is 0. The molecule has 0 saturated heterocycles. The third kappa shape index (κ3) is 9.65. The van der Waals surface area contributed by atoms with Gasteiger partial charge in [0, 0.05) is 19.5 Å². The number of benzene rings is 2. The SMILES string of the molecule is CCCOc1ccc(Cc2nc3ccccc3n2CCN(CC)CC)cc1.O=C(O)CC(O)(CC(=O)O)C(=O)O. The highest BCUT2D eigenvalue weighted by molar-refractivity contribution is 5.88. The van der Waals surface area contributed by atoms with E-state index >= 15 is 0 Å². The van der Waals surface area contributed by atoms with Crippen molar-refractivity contribution in [2.24, 2.45) is 0 Å². The Morgan fingerprint density at radius 2 is 1.52 bits per heavy atom. The first-order valence-electron chi connectivity index (χ1n) is 13.3. The molecule has 0 aliphatic heterocycles. The Kier molecular flexibility index (Phi) is 12.6. The van der Waals surface area contributed by atoms with Crippen molar-refractivity contribution in [1.82, 2.24) is 14.5 Å². The van der Waals surface area contributed by atoms with Crippen LogP contribution in [0, 0.1) is 0 Å². The molecule has 0 amide bonds. The van der Waals surface area contributed by atoms with Crippen LogP contribution in [0.5, 0.6) is 5.75 Å². The maximum absolute atomic E-state index is 10.3. The Bertz CT molecular complexity index is 1240. The van der Waals surface area contributed by atoms with Crippen molar-refractivity contribution in [2.75, 3.05) is 26.2 Å². The maximum atomic E-state index is 10.3. The number of carboxylic acid groups (broad SMARTS) is 3. The number of aromatic nitrogens is 2. The minimum atomic E-state index is -2.74. The molecule has 0 aliphatic rings. The first-order valence-corrected chi connectivity index (χ1v) is 13.3. The fourth-order valence-corrected chi connectivity index (χ4v) is 4.11. The third-order valence-electron chi connectivity index (χ3n) is 6.31. The number of rotatable bonds is 15. The first-order chi connectivity index (χ1) is 19.0. The monoisotopic (exact) mass is 557 g/mol. The second-order valence-electron chi connectivity index (χ2n) is 9.34.